The minimum absolute atomic E-state index is 0.126. The average molecular weight is 401 g/mol. The highest BCUT2D eigenvalue weighted by atomic mass is 16.3. The third kappa shape index (κ3) is 3.78. The number of rotatable bonds is 5. The highest BCUT2D eigenvalue weighted by molar-refractivity contribution is 5.38. The van der Waals surface area contributed by atoms with Gasteiger partial charge in [0.15, 0.2) is 0 Å². The van der Waals surface area contributed by atoms with E-state index in [1.807, 2.05) is 13.8 Å². The van der Waals surface area contributed by atoms with Crippen LogP contribution in [-0.2, 0) is 0 Å². The van der Waals surface area contributed by atoms with E-state index in [1.165, 1.54) is 37.7 Å². The fourth-order valence-corrected chi connectivity index (χ4v) is 8.02. The van der Waals surface area contributed by atoms with E-state index in [1.54, 1.807) is 5.57 Å². The van der Waals surface area contributed by atoms with Crippen LogP contribution in [0.5, 0.6) is 0 Å². The number of hydrogen-bond acceptors (Lipinski definition) is 2. The molecule has 3 saturated carbocycles. The van der Waals surface area contributed by atoms with Crippen LogP contribution in [0.4, 0.5) is 0 Å². The molecule has 0 amide bonds. The van der Waals surface area contributed by atoms with Crippen molar-refractivity contribution in [3.8, 4) is 0 Å². The lowest BCUT2D eigenvalue weighted by Crippen LogP contribution is -2.46. The number of aliphatic hydroxyl groups excluding tert-OH is 1. The molecule has 0 saturated heterocycles. The third-order valence-electron chi connectivity index (χ3n) is 9.75. The van der Waals surface area contributed by atoms with E-state index in [-0.39, 0.29) is 6.10 Å². The van der Waals surface area contributed by atoms with Gasteiger partial charge in [0.2, 0.25) is 0 Å². The van der Waals surface area contributed by atoms with Crippen LogP contribution >= 0.6 is 0 Å². The second-order valence-corrected chi connectivity index (χ2v) is 12.2. The molecule has 2 N–H and O–H groups in total. The van der Waals surface area contributed by atoms with Crippen molar-refractivity contribution in [1.82, 2.24) is 0 Å². The van der Waals surface area contributed by atoms with Gasteiger partial charge in [0.05, 0.1) is 11.7 Å². The Morgan fingerprint density at radius 2 is 1.83 bits per heavy atom. The largest absolute Gasteiger partial charge is 0.393 e. The molecule has 0 heterocycles. The first kappa shape index (κ1) is 21.6. The topological polar surface area (TPSA) is 40.5 Å². The van der Waals surface area contributed by atoms with E-state index in [9.17, 15) is 10.2 Å². The summed E-state index contributed by atoms with van der Waals surface area (Å²) in [6.07, 6.45) is 16.5. The predicted molar refractivity (Wildman–Crippen MR) is 120 cm³/mol. The lowest BCUT2D eigenvalue weighted by Gasteiger charge is -2.55. The first-order valence-electron chi connectivity index (χ1n) is 12.4. The summed E-state index contributed by atoms with van der Waals surface area (Å²) < 4.78 is 0. The van der Waals surface area contributed by atoms with Crippen molar-refractivity contribution in [1.29, 1.82) is 0 Å². The van der Waals surface area contributed by atoms with Gasteiger partial charge in [0.1, 0.15) is 0 Å². The van der Waals surface area contributed by atoms with Crippen LogP contribution < -0.4 is 0 Å². The Labute approximate surface area is 178 Å². The fourth-order valence-electron chi connectivity index (χ4n) is 8.02. The van der Waals surface area contributed by atoms with Crippen molar-refractivity contribution in [2.75, 3.05) is 0 Å². The van der Waals surface area contributed by atoms with Gasteiger partial charge in [-0.05, 0) is 99.7 Å². The monoisotopic (exact) mass is 400 g/mol. The van der Waals surface area contributed by atoms with Gasteiger partial charge in [0, 0.05) is 0 Å². The highest BCUT2D eigenvalue weighted by Crippen LogP contribution is 2.66. The van der Waals surface area contributed by atoms with E-state index in [4.69, 9.17) is 0 Å². The van der Waals surface area contributed by atoms with E-state index in [0.29, 0.717) is 16.7 Å². The van der Waals surface area contributed by atoms with Crippen LogP contribution in [0.25, 0.3) is 0 Å². The van der Waals surface area contributed by atoms with Crippen LogP contribution in [0.2, 0.25) is 0 Å². The molecule has 0 aromatic heterocycles. The molecular weight excluding hydrogens is 356 g/mol. The van der Waals surface area contributed by atoms with Crippen molar-refractivity contribution in [2.24, 2.45) is 34.5 Å². The van der Waals surface area contributed by atoms with E-state index >= 15 is 0 Å². The van der Waals surface area contributed by atoms with Gasteiger partial charge in [-0.2, -0.15) is 0 Å². The van der Waals surface area contributed by atoms with Gasteiger partial charge in [-0.25, -0.2) is 0 Å². The maximum atomic E-state index is 10.2. The van der Waals surface area contributed by atoms with Gasteiger partial charge in [-0.3, -0.25) is 0 Å². The molecule has 0 aromatic carbocycles. The zero-order valence-corrected chi connectivity index (χ0v) is 19.5. The van der Waals surface area contributed by atoms with Gasteiger partial charge in [-0.15, -0.1) is 0 Å². The minimum atomic E-state index is -0.528. The smallest absolute Gasteiger partial charge is 0.0591 e. The molecule has 4 aliphatic rings. The van der Waals surface area contributed by atoms with Crippen molar-refractivity contribution in [3.05, 3.63) is 23.3 Å². The Morgan fingerprint density at radius 3 is 2.55 bits per heavy atom. The standard InChI is InChI=1S/C27H44O2/c1-18(7-6-14-25(2,3)29)22-10-11-23-21-9-8-19-17-20(28)12-15-26(19,4)24(21)13-16-27(22,23)5/h8-9,18,20,22-24,28-29H,6-7,10-17H2,1-5H3/t18-,20-,22+,23-,24+,26+,27+/m1/s1. The lowest BCUT2D eigenvalue weighted by atomic mass is 9.50. The predicted octanol–water partition coefficient (Wildman–Crippen LogP) is 6.42. The van der Waals surface area contributed by atoms with Crippen molar-refractivity contribution in [2.45, 2.75) is 111 Å². The zero-order chi connectivity index (χ0) is 21.0. The van der Waals surface area contributed by atoms with Gasteiger partial charge in [0.25, 0.3) is 0 Å². The van der Waals surface area contributed by atoms with Crippen LogP contribution in [0, 0.1) is 34.5 Å². The highest BCUT2D eigenvalue weighted by Gasteiger charge is 2.56. The second kappa shape index (κ2) is 7.52. The lowest BCUT2D eigenvalue weighted by molar-refractivity contribution is 0.0298. The molecule has 4 rings (SSSR count). The Morgan fingerprint density at radius 1 is 1.07 bits per heavy atom. The van der Waals surface area contributed by atoms with Crippen LogP contribution in [0.1, 0.15) is 98.8 Å². The van der Waals surface area contributed by atoms with Gasteiger partial charge in [-0.1, -0.05) is 56.9 Å². The van der Waals surface area contributed by atoms with Crippen molar-refractivity contribution >= 4 is 0 Å². The fraction of sp³-hybridized carbons (Fsp3) is 0.852. The number of hydrogen-bond donors (Lipinski definition) is 2. The number of fused-ring (bicyclic) bond motifs is 5. The first-order valence-corrected chi connectivity index (χ1v) is 12.4. The quantitative estimate of drug-likeness (QED) is 0.559. The molecule has 164 valence electrons. The molecule has 2 nitrogen and oxygen atoms in total. The summed E-state index contributed by atoms with van der Waals surface area (Å²) in [4.78, 5) is 0. The molecule has 7 atom stereocenters. The van der Waals surface area contributed by atoms with Crippen LogP contribution in [-0.4, -0.2) is 21.9 Å². The number of allylic oxidation sites excluding steroid dienone is 3. The Balaban J connectivity index is 1.51. The van der Waals surface area contributed by atoms with E-state index in [0.717, 1.165) is 49.9 Å². The number of aliphatic hydroxyl groups is 2. The molecule has 2 heteroatoms. The Hall–Kier alpha value is -0.600. The SMILES string of the molecule is C[C@H](CCCC(C)(C)O)[C@@H]1CC[C@@H]2C3=CC=C4C[C@H](O)CC[C@]4(C)[C@H]3CC[C@]21C. The molecule has 3 fully saturated rings. The molecule has 4 aliphatic carbocycles. The molecular formula is C27H44O2. The first-order chi connectivity index (χ1) is 13.5. The summed E-state index contributed by atoms with van der Waals surface area (Å²) in [7, 11) is 0. The maximum Gasteiger partial charge on any atom is 0.0591 e. The molecule has 0 unspecified atom stereocenters. The summed E-state index contributed by atoms with van der Waals surface area (Å²) in [6.45, 7) is 11.5. The molecule has 0 spiro atoms. The van der Waals surface area contributed by atoms with E-state index in [2.05, 4.69) is 32.9 Å². The second-order valence-electron chi connectivity index (χ2n) is 12.2. The summed E-state index contributed by atoms with van der Waals surface area (Å²) in [5, 5.41) is 20.3. The third-order valence-corrected chi connectivity index (χ3v) is 9.75. The minimum Gasteiger partial charge on any atom is -0.393 e. The maximum absolute atomic E-state index is 10.2. The van der Waals surface area contributed by atoms with Crippen LogP contribution in [0.15, 0.2) is 23.3 Å². The van der Waals surface area contributed by atoms with Gasteiger partial charge >= 0.3 is 0 Å². The van der Waals surface area contributed by atoms with Gasteiger partial charge < -0.3 is 10.2 Å². The molecule has 0 bridgehead atoms. The Kier molecular flexibility index (Phi) is 5.61. The summed E-state index contributed by atoms with van der Waals surface area (Å²) in [6, 6.07) is 0. The van der Waals surface area contributed by atoms with E-state index < -0.39 is 5.60 Å². The molecule has 0 radical (unpaired) electrons. The Bertz CT molecular complexity index is 683. The van der Waals surface area contributed by atoms with Crippen LogP contribution in [0.3, 0.4) is 0 Å². The zero-order valence-electron chi connectivity index (χ0n) is 19.5. The summed E-state index contributed by atoms with van der Waals surface area (Å²) in [5.74, 6) is 3.03. The van der Waals surface area contributed by atoms with Crippen molar-refractivity contribution < 1.29 is 10.2 Å². The summed E-state index contributed by atoms with van der Waals surface area (Å²) >= 11 is 0. The molecule has 29 heavy (non-hydrogen) atoms. The average Bonchev–Trinajstić information content (AvgIpc) is 2.98. The van der Waals surface area contributed by atoms with Crippen molar-refractivity contribution in [3.63, 3.8) is 0 Å². The molecule has 0 aliphatic heterocycles. The summed E-state index contributed by atoms with van der Waals surface area (Å²) in [5.41, 5.74) is 3.49. The normalized spacial score (nSPS) is 43.0. The molecule has 0 aromatic rings.